The van der Waals surface area contributed by atoms with E-state index in [2.05, 4.69) is 37.9 Å². The van der Waals surface area contributed by atoms with Gasteiger partial charge in [-0.15, -0.1) is 0 Å². The molecule has 0 spiro atoms. The Bertz CT molecular complexity index is 1500. The first-order chi connectivity index (χ1) is 19.7. The van der Waals surface area contributed by atoms with Crippen LogP contribution in [0.3, 0.4) is 0 Å². The molecule has 0 unspecified atom stereocenters. The van der Waals surface area contributed by atoms with Crippen LogP contribution >= 0.6 is 23.2 Å². The van der Waals surface area contributed by atoms with Crippen molar-refractivity contribution >= 4 is 46.4 Å². The van der Waals surface area contributed by atoms with E-state index in [0.717, 1.165) is 29.8 Å². The first-order valence-electron chi connectivity index (χ1n) is 14.0. The molecule has 0 saturated heterocycles. The highest BCUT2D eigenvalue weighted by atomic mass is 35.5. The third kappa shape index (κ3) is 5.82. The van der Waals surface area contributed by atoms with E-state index in [9.17, 15) is 14.4 Å². The summed E-state index contributed by atoms with van der Waals surface area (Å²) >= 11 is 12.0. The molecule has 0 fully saturated rings. The normalized spacial score (nSPS) is 19.9. The monoisotopic (exact) mass is 610 g/mol. The number of amides is 1. The number of ether oxygens (including phenoxy) is 2. The van der Waals surface area contributed by atoms with Gasteiger partial charge in [0.05, 0.1) is 17.2 Å². The minimum absolute atomic E-state index is 0.0700. The summed E-state index contributed by atoms with van der Waals surface area (Å²) in [6, 6.07) is 10.2. The molecule has 1 aliphatic heterocycles. The number of rotatable bonds is 6. The highest BCUT2D eigenvalue weighted by molar-refractivity contribution is 6.42. The highest BCUT2D eigenvalue weighted by Gasteiger charge is 2.48. The van der Waals surface area contributed by atoms with Crippen LogP contribution in [0.5, 0.6) is 11.5 Å². The Morgan fingerprint density at radius 3 is 2.02 bits per heavy atom. The predicted molar refractivity (Wildman–Crippen MR) is 164 cm³/mol. The molecule has 2 aromatic carbocycles. The maximum absolute atomic E-state index is 13.7. The maximum atomic E-state index is 13.7. The van der Waals surface area contributed by atoms with Gasteiger partial charge in [-0.25, -0.2) is 0 Å². The van der Waals surface area contributed by atoms with E-state index in [4.69, 9.17) is 32.7 Å². The average Bonchev–Trinajstić information content (AvgIpc) is 2.89. The molecule has 7 nitrogen and oxygen atoms in total. The van der Waals surface area contributed by atoms with Crippen LogP contribution in [-0.2, 0) is 14.4 Å². The first kappa shape index (κ1) is 30.2. The third-order valence-corrected chi connectivity index (χ3v) is 9.00. The fourth-order valence-electron chi connectivity index (χ4n) is 6.40. The number of hydrogen-bond acceptors (Lipinski definition) is 6. The molecule has 9 heteroatoms. The first-order valence-corrected chi connectivity index (χ1v) is 14.8. The Hall–Kier alpha value is -3.29. The predicted octanol–water partition coefficient (Wildman–Crippen LogP) is 7.33. The molecular weight excluding hydrogens is 575 g/mol. The lowest BCUT2D eigenvalue weighted by Gasteiger charge is -2.47. The Morgan fingerprint density at radius 1 is 0.881 bits per heavy atom. The average molecular weight is 612 g/mol. The molecule has 3 aliphatic rings. The van der Waals surface area contributed by atoms with Crippen LogP contribution in [0.25, 0.3) is 0 Å². The van der Waals surface area contributed by atoms with Crippen LogP contribution in [0.15, 0.2) is 58.9 Å². The topological polar surface area (TPSA) is 84.9 Å². The molecule has 1 N–H and O–H groups in total. The summed E-state index contributed by atoms with van der Waals surface area (Å²) in [4.78, 5) is 42.2. The summed E-state index contributed by atoms with van der Waals surface area (Å²) < 4.78 is 11.5. The molecule has 222 valence electrons. The van der Waals surface area contributed by atoms with E-state index < -0.39 is 5.92 Å². The lowest BCUT2D eigenvalue weighted by Crippen LogP contribution is -2.43. The zero-order valence-electron chi connectivity index (χ0n) is 24.8. The molecule has 5 rings (SSSR count). The van der Waals surface area contributed by atoms with Crippen molar-refractivity contribution < 1.29 is 23.9 Å². The number of halogens is 2. The van der Waals surface area contributed by atoms with Gasteiger partial charge in [0.1, 0.15) is 0 Å². The van der Waals surface area contributed by atoms with Crippen LogP contribution in [-0.4, -0.2) is 43.1 Å². The second-order valence-corrected chi connectivity index (χ2v) is 13.8. The molecule has 2 aromatic rings. The number of anilines is 1. The molecule has 42 heavy (non-hydrogen) atoms. The highest BCUT2D eigenvalue weighted by Crippen LogP contribution is 2.54. The smallest absolute Gasteiger partial charge is 0.262 e. The Balaban J connectivity index is 1.48. The van der Waals surface area contributed by atoms with Crippen molar-refractivity contribution in [3.63, 3.8) is 0 Å². The molecule has 0 bridgehead atoms. The molecular formula is C33H36Cl2N2O5. The van der Waals surface area contributed by atoms with Gasteiger partial charge < -0.3 is 19.7 Å². The summed E-state index contributed by atoms with van der Waals surface area (Å²) in [5, 5.41) is 3.45. The van der Waals surface area contributed by atoms with Crippen molar-refractivity contribution in [1.82, 2.24) is 4.90 Å². The van der Waals surface area contributed by atoms with E-state index in [0.29, 0.717) is 51.2 Å². The molecule has 1 amide bonds. The van der Waals surface area contributed by atoms with Gasteiger partial charge >= 0.3 is 0 Å². The minimum atomic E-state index is -0.487. The van der Waals surface area contributed by atoms with Crippen LogP contribution in [0.2, 0.25) is 10.0 Å². The molecule has 0 saturated carbocycles. The number of carbonyl (C=O) groups excluding carboxylic acids is 3. The van der Waals surface area contributed by atoms with Crippen molar-refractivity contribution in [3.8, 4) is 11.5 Å². The van der Waals surface area contributed by atoms with E-state index >= 15 is 0 Å². The summed E-state index contributed by atoms with van der Waals surface area (Å²) in [5.74, 6) is 0.0463. The number of Topliss-reactive ketones (excluding diaryl/α,β-unsaturated/α-hetero) is 2. The maximum Gasteiger partial charge on any atom is 0.262 e. The van der Waals surface area contributed by atoms with E-state index in [1.165, 1.54) is 7.11 Å². The van der Waals surface area contributed by atoms with Gasteiger partial charge in [0.25, 0.3) is 5.91 Å². The van der Waals surface area contributed by atoms with Crippen molar-refractivity contribution in [1.29, 1.82) is 0 Å². The zero-order valence-corrected chi connectivity index (χ0v) is 26.3. The van der Waals surface area contributed by atoms with Gasteiger partial charge in [0.15, 0.2) is 29.7 Å². The summed E-state index contributed by atoms with van der Waals surface area (Å²) in [6.07, 6.45) is 2.34. The molecule has 0 aromatic heterocycles. The summed E-state index contributed by atoms with van der Waals surface area (Å²) in [6.45, 7) is 8.19. The minimum Gasteiger partial charge on any atom is -0.493 e. The van der Waals surface area contributed by atoms with Crippen LogP contribution < -0.4 is 14.8 Å². The van der Waals surface area contributed by atoms with Crippen LogP contribution in [0.4, 0.5) is 5.69 Å². The number of allylic oxidation sites excluding steroid dienone is 4. The van der Waals surface area contributed by atoms with Crippen molar-refractivity contribution in [2.75, 3.05) is 26.1 Å². The third-order valence-electron chi connectivity index (χ3n) is 8.26. The van der Waals surface area contributed by atoms with Gasteiger partial charge in [0, 0.05) is 54.0 Å². The number of methoxy groups -OCH3 is 1. The summed E-state index contributed by atoms with van der Waals surface area (Å²) in [5.41, 5.74) is 4.31. The van der Waals surface area contributed by atoms with Crippen LogP contribution in [0.1, 0.15) is 64.9 Å². The Morgan fingerprint density at radius 2 is 1.48 bits per heavy atom. The van der Waals surface area contributed by atoms with E-state index in [1.807, 2.05) is 19.2 Å². The fraction of sp³-hybridized carbons (Fsp3) is 0.424. The standard InChI is InChI=1S/C33H36Cl2N2O5/c1-32(2)13-22-30(24(38)15-32)29(31-23(37(22)5)14-33(3,4)16-25(31)39)18-7-10-26(27(11-18)41-6)42-17-28(40)36-19-8-9-20(34)21(35)12-19/h7-12,29H,13-17H2,1-6H3,(H,36,40). The number of benzene rings is 2. The SMILES string of the molecule is COc1cc(C2C3=C(CC(C)(C)CC3=O)N(C)C3=C2C(=O)CC(C)(C)C3)ccc1OCC(=O)Nc1ccc(Cl)c(Cl)c1. The van der Waals surface area contributed by atoms with Crippen molar-refractivity contribution in [3.05, 3.63) is 74.5 Å². The quantitative estimate of drug-likeness (QED) is 0.368. The lowest BCUT2D eigenvalue weighted by atomic mass is 9.64. The van der Waals surface area contributed by atoms with Gasteiger partial charge in [-0.3, -0.25) is 14.4 Å². The number of ketones is 2. The number of nitrogens with one attached hydrogen (secondary N) is 1. The van der Waals surface area contributed by atoms with Gasteiger partial charge in [-0.1, -0.05) is 57.0 Å². The Labute approximate surface area is 256 Å². The molecule has 0 atom stereocenters. The number of hydrogen-bond donors (Lipinski definition) is 1. The second-order valence-electron chi connectivity index (χ2n) is 13.0. The van der Waals surface area contributed by atoms with Gasteiger partial charge in [-0.05, 0) is 59.6 Å². The number of carbonyl (C=O) groups is 3. The zero-order chi connectivity index (χ0) is 30.6. The van der Waals surface area contributed by atoms with Gasteiger partial charge in [0.2, 0.25) is 0 Å². The fourth-order valence-corrected chi connectivity index (χ4v) is 6.69. The Kier molecular flexibility index (Phi) is 7.96. The molecule has 0 radical (unpaired) electrons. The molecule has 1 heterocycles. The van der Waals surface area contributed by atoms with Crippen molar-refractivity contribution in [2.24, 2.45) is 10.8 Å². The lowest BCUT2D eigenvalue weighted by molar-refractivity contribution is -0.120. The van der Waals surface area contributed by atoms with Crippen molar-refractivity contribution in [2.45, 2.75) is 59.3 Å². The molecule has 2 aliphatic carbocycles. The van der Waals surface area contributed by atoms with E-state index in [-0.39, 0.29) is 34.9 Å². The van der Waals surface area contributed by atoms with Gasteiger partial charge in [-0.2, -0.15) is 0 Å². The summed E-state index contributed by atoms with van der Waals surface area (Å²) in [7, 11) is 3.51. The number of nitrogens with zero attached hydrogens (tertiary/aromatic N) is 1. The van der Waals surface area contributed by atoms with Crippen LogP contribution in [0, 0.1) is 10.8 Å². The second kappa shape index (κ2) is 11.1. The largest absolute Gasteiger partial charge is 0.493 e. The van der Waals surface area contributed by atoms with E-state index in [1.54, 1.807) is 24.3 Å².